The third kappa shape index (κ3) is 12.4. The first-order chi connectivity index (χ1) is 10.7. The molecule has 0 saturated carbocycles. The quantitative estimate of drug-likeness (QED) is 0.164. The summed E-state index contributed by atoms with van der Waals surface area (Å²) in [4.78, 5) is 0. The molecule has 0 fully saturated rings. The van der Waals surface area contributed by atoms with Crippen LogP contribution in [0, 0.1) is 0 Å². The number of rotatable bonds is 13. The molecule has 0 saturated heterocycles. The van der Waals surface area contributed by atoms with Crippen LogP contribution < -0.4 is 0 Å². The van der Waals surface area contributed by atoms with Gasteiger partial charge in [-0.3, -0.25) is 0 Å². The average Bonchev–Trinajstić information content (AvgIpc) is 2.53. The Labute approximate surface area is 164 Å². The fourth-order valence-corrected chi connectivity index (χ4v) is 4.39. The molecule has 23 heavy (non-hydrogen) atoms. The smallest absolute Gasteiger partial charge is 0.0174 e. The number of benzene rings is 1. The molecule has 0 spiro atoms. The molecule has 0 N–H and O–H groups in total. The lowest BCUT2D eigenvalue weighted by Gasteiger charge is -2.21. The van der Waals surface area contributed by atoms with Crippen molar-refractivity contribution in [3.05, 3.63) is 35.9 Å². The predicted octanol–water partition coefficient (Wildman–Crippen LogP) is 7.88. The zero-order chi connectivity index (χ0) is 16.0. The monoisotopic (exact) mass is 448 g/mol. The highest BCUT2D eigenvalue weighted by Gasteiger charge is 2.13. The van der Waals surface area contributed by atoms with E-state index in [1.165, 1.54) is 76.2 Å². The lowest BCUT2D eigenvalue weighted by atomic mass is 10.0. The van der Waals surface area contributed by atoms with Crippen molar-refractivity contribution < 1.29 is 0 Å². The third-order valence-electron chi connectivity index (χ3n) is 4.69. The standard InChI is InChI=1S/C21H37P.HI/c1-4-5-6-7-8-9-10-11-15-18-21(22(2)3)19-20-16-13-12-14-17-20;/h12-14,16-17,21H,4-11,15,18-19H2,1-3H3;1H. The van der Waals surface area contributed by atoms with Gasteiger partial charge in [-0.2, -0.15) is 0 Å². The van der Waals surface area contributed by atoms with Crippen molar-refractivity contribution >= 4 is 31.9 Å². The molecule has 134 valence electrons. The summed E-state index contributed by atoms with van der Waals surface area (Å²) < 4.78 is 0. The molecule has 0 aliphatic carbocycles. The molecule has 0 nitrogen and oxygen atoms in total. The maximum atomic E-state index is 2.46. The summed E-state index contributed by atoms with van der Waals surface area (Å²) in [6, 6.07) is 11.1. The van der Waals surface area contributed by atoms with Crippen molar-refractivity contribution in [1.82, 2.24) is 0 Å². The minimum absolute atomic E-state index is 0. The Morgan fingerprint density at radius 2 is 1.30 bits per heavy atom. The maximum Gasteiger partial charge on any atom is -0.0174 e. The minimum atomic E-state index is 0. The highest BCUT2D eigenvalue weighted by molar-refractivity contribution is 14.0. The topological polar surface area (TPSA) is 0 Å². The van der Waals surface area contributed by atoms with E-state index in [2.05, 4.69) is 50.6 Å². The molecule has 1 aromatic carbocycles. The summed E-state index contributed by atoms with van der Waals surface area (Å²) >= 11 is 0. The molecule has 1 unspecified atom stereocenters. The van der Waals surface area contributed by atoms with Crippen LogP contribution in [0.5, 0.6) is 0 Å². The maximum absolute atomic E-state index is 2.46. The Bertz CT molecular complexity index is 350. The van der Waals surface area contributed by atoms with Gasteiger partial charge in [0.1, 0.15) is 0 Å². The fraction of sp³-hybridized carbons (Fsp3) is 0.714. The molecule has 1 atom stereocenters. The Morgan fingerprint density at radius 1 is 0.783 bits per heavy atom. The van der Waals surface area contributed by atoms with Crippen molar-refractivity contribution in [1.29, 1.82) is 0 Å². The second-order valence-electron chi connectivity index (χ2n) is 6.92. The van der Waals surface area contributed by atoms with Crippen LogP contribution in [-0.2, 0) is 6.42 Å². The lowest BCUT2D eigenvalue weighted by molar-refractivity contribution is 0.551. The number of hydrogen-bond donors (Lipinski definition) is 0. The summed E-state index contributed by atoms with van der Waals surface area (Å²) in [5.41, 5.74) is 2.45. The van der Waals surface area contributed by atoms with Gasteiger partial charge in [0.15, 0.2) is 0 Å². The molecule has 0 amide bonds. The molecule has 0 bridgehead atoms. The summed E-state index contributed by atoms with van der Waals surface area (Å²) in [6.07, 6.45) is 15.7. The Kier molecular flexibility index (Phi) is 16.1. The molecule has 2 heteroatoms. The van der Waals surface area contributed by atoms with Crippen LogP contribution in [0.25, 0.3) is 0 Å². The van der Waals surface area contributed by atoms with E-state index in [4.69, 9.17) is 0 Å². The first-order valence-corrected chi connectivity index (χ1v) is 11.7. The second-order valence-corrected chi connectivity index (χ2v) is 9.58. The van der Waals surface area contributed by atoms with Crippen molar-refractivity contribution in [3.63, 3.8) is 0 Å². The van der Waals surface area contributed by atoms with Gasteiger partial charge in [0, 0.05) is 0 Å². The van der Waals surface area contributed by atoms with Gasteiger partial charge in [-0.15, -0.1) is 31.9 Å². The van der Waals surface area contributed by atoms with Gasteiger partial charge in [0.05, 0.1) is 0 Å². The Hall–Kier alpha value is 0.380. The molecule has 0 aliphatic heterocycles. The molecular formula is C21H38IP. The normalized spacial score (nSPS) is 12.2. The van der Waals surface area contributed by atoms with Crippen molar-refractivity contribution in [2.45, 2.75) is 83.2 Å². The van der Waals surface area contributed by atoms with Crippen LogP contribution in [0.3, 0.4) is 0 Å². The van der Waals surface area contributed by atoms with E-state index >= 15 is 0 Å². The lowest BCUT2D eigenvalue weighted by Crippen LogP contribution is -2.09. The van der Waals surface area contributed by atoms with Gasteiger partial charge < -0.3 is 0 Å². The van der Waals surface area contributed by atoms with Gasteiger partial charge in [-0.25, -0.2) is 0 Å². The second kappa shape index (κ2) is 15.9. The van der Waals surface area contributed by atoms with Crippen LogP contribution in [0.1, 0.15) is 76.7 Å². The first-order valence-electron chi connectivity index (χ1n) is 9.44. The molecule has 0 aromatic heterocycles. The van der Waals surface area contributed by atoms with Crippen LogP contribution in [0.4, 0.5) is 0 Å². The van der Waals surface area contributed by atoms with Crippen molar-refractivity contribution in [2.24, 2.45) is 0 Å². The van der Waals surface area contributed by atoms with Gasteiger partial charge in [-0.1, -0.05) is 95.0 Å². The summed E-state index contributed by atoms with van der Waals surface area (Å²) in [7, 11) is 0.178. The molecular weight excluding hydrogens is 410 g/mol. The van der Waals surface area contributed by atoms with E-state index < -0.39 is 0 Å². The number of hydrogen-bond acceptors (Lipinski definition) is 0. The van der Waals surface area contributed by atoms with Gasteiger partial charge in [0.2, 0.25) is 0 Å². The minimum Gasteiger partial charge on any atom is -0.110 e. The molecule has 0 heterocycles. The van der Waals surface area contributed by atoms with Gasteiger partial charge in [0.25, 0.3) is 0 Å². The number of halogens is 1. The van der Waals surface area contributed by atoms with Gasteiger partial charge in [-0.05, 0) is 37.4 Å². The van der Waals surface area contributed by atoms with Crippen LogP contribution >= 0.6 is 31.9 Å². The van der Waals surface area contributed by atoms with E-state index in [1.807, 2.05) is 0 Å². The van der Waals surface area contributed by atoms with Gasteiger partial charge >= 0.3 is 0 Å². The van der Waals surface area contributed by atoms with Crippen molar-refractivity contribution in [2.75, 3.05) is 13.3 Å². The van der Waals surface area contributed by atoms with E-state index in [9.17, 15) is 0 Å². The zero-order valence-corrected chi connectivity index (χ0v) is 18.8. The van der Waals surface area contributed by atoms with Crippen LogP contribution in [-0.4, -0.2) is 19.0 Å². The molecule has 1 aromatic rings. The van der Waals surface area contributed by atoms with E-state index in [0.29, 0.717) is 0 Å². The molecule has 0 radical (unpaired) electrons. The third-order valence-corrected chi connectivity index (χ3v) is 6.59. The SMILES string of the molecule is CCCCCCCCCCCC(Cc1ccccc1)P(C)C.I. The zero-order valence-electron chi connectivity index (χ0n) is 15.6. The highest BCUT2D eigenvalue weighted by atomic mass is 127. The van der Waals surface area contributed by atoms with Crippen molar-refractivity contribution in [3.8, 4) is 0 Å². The van der Waals surface area contributed by atoms with E-state index in [0.717, 1.165) is 5.66 Å². The average molecular weight is 448 g/mol. The summed E-state index contributed by atoms with van der Waals surface area (Å²) in [6.45, 7) is 7.20. The fourth-order valence-electron chi connectivity index (χ4n) is 3.12. The van der Waals surface area contributed by atoms with Crippen LogP contribution in [0.2, 0.25) is 0 Å². The molecule has 0 aliphatic rings. The largest absolute Gasteiger partial charge is 0.110 e. The highest BCUT2D eigenvalue weighted by Crippen LogP contribution is 2.37. The Balaban J connectivity index is 0.00000484. The summed E-state index contributed by atoms with van der Waals surface area (Å²) in [5, 5.41) is 0. The van der Waals surface area contributed by atoms with E-state index in [-0.39, 0.29) is 31.9 Å². The van der Waals surface area contributed by atoms with Crippen LogP contribution in [0.15, 0.2) is 30.3 Å². The first kappa shape index (κ1) is 23.4. The Morgan fingerprint density at radius 3 is 1.83 bits per heavy atom. The predicted molar refractivity (Wildman–Crippen MR) is 120 cm³/mol. The van der Waals surface area contributed by atoms with E-state index in [1.54, 1.807) is 0 Å². The summed E-state index contributed by atoms with van der Waals surface area (Å²) in [5.74, 6) is 0. The molecule has 1 rings (SSSR count). The number of unbranched alkanes of at least 4 members (excludes halogenated alkanes) is 8.